The smallest absolute Gasteiger partial charge is 0.246 e. The van der Waals surface area contributed by atoms with Crippen molar-refractivity contribution in [2.24, 2.45) is 5.41 Å². The summed E-state index contributed by atoms with van der Waals surface area (Å²) in [4.78, 5) is 59.8. The van der Waals surface area contributed by atoms with Crippen LogP contribution in [0.1, 0.15) is 57.8 Å². The van der Waals surface area contributed by atoms with Gasteiger partial charge < -0.3 is 30.0 Å². The summed E-state index contributed by atoms with van der Waals surface area (Å²) in [7, 11) is 0. The predicted molar refractivity (Wildman–Crippen MR) is 218 cm³/mol. The SMILES string of the molecule is Cc1ncsc1-c1ccc([C@H](C)NC(=O)[C@@H]2CCCN2C(=O)[C@@H](NC(=O)COCCOc2ccc(-c3ccc4c(c3)[nH]c3ccncc34)cn2)C(C)(C)C)cc1. The molecule has 0 radical (unpaired) electrons. The third kappa shape index (κ3) is 8.58. The summed E-state index contributed by atoms with van der Waals surface area (Å²) in [5, 5.41) is 8.19. The Morgan fingerprint density at radius 3 is 2.45 bits per heavy atom. The summed E-state index contributed by atoms with van der Waals surface area (Å²) < 4.78 is 11.4. The first-order valence-electron chi connectivity index (χ1n) is 18.9. The van der Waals surface area contributed by atoms with E-state index in [9.17, 15) is 14.4 Å². The standard InChI is InChI=1S/C43H47N7O5S/c1-26(28-8-10-29(11-9-28)39-27(2)46-25-56-39)47-41(52)36-7-6-18-50(36)42(53)40(43(3,4)5)49-37(51)24-54-19-20-55-38-15-13-31(22-45-38)30-12-14-32-33-23-44-17-16-34(33)48-35(32)21-30/h8-17,21-23,25-26,36,40,48H,6-7,18-20,24H2,1-5H3,(H,47,52)(H,49,51)/t26-,36-,40+/m0/s1. The lowest BCUT2D eigenvalue weighted by Gasteiger charge is -2.35. The van der Waals surface area contributed by atoms with Crippen LogP contribution in [0.15, 0.2) is 84.8 Å². The van der Waals surface area contributed by atoms with Gasteiger partial charge in [-0.05, 0) is 67.0 Å². The fourth-order valence-corrected chi connectivity index (χ4v) is 7.96. The number of nitrogens with one attached hydrogen (secondary N) is 3. The van der Waals surface area contributed by atoms with E-state index >= 15 is 0 Å². The highest BCUT2D eigenvalue weighted by Gasteiger charge is 2.42. The van der Waals surface area contributed by atoms with E-state index in [1.807, 2.05) is 82.7 Å². The van der Waals surface area contributed by atoms with Gasteiger partial charge in [-0.1, -0.05) is 57.2 Å². The van der Waals surface area contributed by atoms with Gasteiger partial charge in [-0.2, -0.15) is 0 Å². The number of ether oxygens (including phenoxy) is 2. The van der Waals surface area contributed by atoms with Gasteiger partial charge in [0.1, 0.15) is 25.3 Å². The summed E-state index contributed by atoms with van der Waals surface area (Å²) >= 11 is 1.60. The number of carbonyl (C=O) groups is 3. The number of aromatic amines is 1. The Kier molecular flexibility index (Phi) is 11.4. The molecule has 1 fully saturated rings. The number of amides is 3. The quantitative estimate of drug-likeness (QED) is 0.106. The van der Waals surface area contributed by atoms with E-state index in [0.717, 1.165) is 54.6 Å². The van der Waals surface area contributed by atoms with Crippen LogP contribution in [0.25, 0.3) is 43.4 Å². The molecule has 7 rings (SSSR count). The molecule has 3 N–H and O–H groups in total. The maximum absolute atomic E-state index is 14.0. The van der Waals surface area contributed by atoms with Gasteiger partial charge in [-0.3, -0.25) is 19.4 Å². The number of likely N-dealkylation sites (tertiary alicyclic amines) is 1. The van der Waals surface area contributed by atoms with Crippen molar-refractivity contribution >= 4 is 50.9 Å². The molecule has 1 aliphatic rings. The second kappa shape index (κ2) is 16.6. The largest absolute Gasteiger partial charge is 0.475 e. The highest BCUT2D eigenvalue weighted by Crippen LogP contribution is 2.31. The summed E-state index contributed by atoms with van der Waals surface area (Å²) in [6.07, 6.45) is 6.65. The second-order valence-corrected chi connectivity index (χ2v) is 16.1. The molecule has 4 aromatic heterocycles. The summed E-state index contributed by atoms with van der Waals surface area (Å²) in [5.41, 5.74) is 8.31. The Bertz CT molecular complexity index is 2330. The number of fused-ring (bicyclic) bond motifs is 3. The number of aryl methyl sites for hydroxylation is 1. The van der Waals surface area contributed by atoms with Crippen LogP contribution in [0.3, 0.4) is 0 Å². The first-order chi connectivity index (χ1) is 27.0. The highest BCUT2D eigenvalue weighted by atomic mass is 32.1. The number of thiazole rings is 1. The first-order valence-corrected chi connectivity index (χ1v) is 19.8. The van der Waals surface area contributed by atoms with Crippen LogP contribution in [0, 0.1) is 12.3 Å². The maximum Gasteiger partial charge on any atom is 0.246 e. The fourth-order valence-electron chi connectivity index (χ4n) is 7.15. The number of hydrogen-bond acceptors (Lipinski definition) is 9. The molecule has 2 aromatic carbocycles. The van der Waals surface area contributed by atoms with Crippen LogP contribution < -0.4 is 15.4 Å². The molecule has 13 heteroatoms. The van der Waals surface area contributed by atoms with Gasteiger partial charge in [-0.15, -0.1) is 11.3 Å². The predicted octanol–water partition coefficient (Wildman–Crippen LogP) is 7.00. The van der Waals surface area contributed by atoms with Crippen LogP contribution in [-0.2, 0) is 19.1 Å². The van der Waals surface area contributed by atoms with Gasteiger partial charge >= 0.3 is 0 Å². The van der Waals surface area contributed by atoms with Crippen molar-refractivity contribution in [3.63, 3.8) is 0 Å². The molecular formula is C43H47N7O5S. The van der Waals surface area contributed by atoms with E-state index in [1.54, 1.807) is 34.7 Å². The van der Waals surface area contributed by atoms with Crippen molar-refractivity contribution in [2.75, 3.05) is 26.4 Å². The van der Waals surface area contributed by atoms with Gasteiger partial charge in [0.2, 0.25) is 23.6 Å². The second-order valence-electron chi connectivity index (χ2n) is 15.3. The molecule has 12 nitrogen and oxygen atoms in total. The molecule has 3 amide bonds. The number of pyridine rings is 2. The van der Waals surface area contributed by atoms with E-state index in [4.69, 9.17) is 9.47 Å². The van der Waals surface area contributed by atoms with Gasteiger partial charge in [-0.25, -0.2) is 9.97 Å². The minimum atomic E-state index is -0.847. The average molecular weight is 774 g/mol. The molecular weight excluding hydrogens is 727 g/mol. The Balaban J connectivity index is 0.873. The maximum atomic E-state index is 14.0. The van der Waals surface area contributed by atoms with E-state index in [2.05, 4.69) is 48.8 Å². The summed E-state index contributed by atoms with van der Waals surface area (Å²) in [5.74, 6) is -0.468. The molecule has 0 saturated carbocycles. The fraction of sp³-hybridized carbons (Fsp3) is 0.349. The van der Waals surface area contributed by atoms with Crippen molar-refractivity contribution in [1.82, 2.24) is 35.5 Å². The number of nitrogens with zero attached hydrogens (tertiary/aromatic N) is 4. The topological polar surface area (TPSA) is 151 Å². The van der Waals surface area contributed by atoms with Crippen LogP contribution in [-0.4, -0.2) is 81.0 Å². The molecule has 0 bridgehead atoms. The van der Waals surface area contributed by atoms with Gasteiger partial charge in [0.05, 0.1) is 28.7 Å². The lowest BCUT2D eigenvalue weighted by Crippen LogP contribution is -2.58. The zero-order valence-electron chi connectivity index (χ0n) is 32.3. The van der Waals surface area contributed by atoms with E-state index in [-0.39, 0.29) is 37.7 Å². The number of aromatic nitrogens is 4. The van der Waals surface area contributed by atoms with Gasteiger partial charge in [0.15, 0.2) is 0 Å². The number of carbonyl (C=O) groups excluding carboxylic acids is 3. The Morgan fingerprint density at radius 1 is 0.929 bits per heavy atom. The molecule has 0 aliphatic carbocycles. The van der Waals surface area contributed by atoms with E-state index in [0.29, 0.717) is 25.3 Å². The molecule has 5 heterocycles. The Labute approximate surface area is 330 Å². The third-order valence-electron chi connectivity index (χ3n) is 10.2. The number of hydrogen-bond donors (Lipinski definition) is 3. The number of H-pyrrole nitrogens is 1. The molecule has 3 atom stereocenters. The van der Waals surface area contributed by atoms with Gasteiger partial charge in [0, 0.05) is 58.6 Å². The van der Waals surface area contributed by atoms with Crippen molar-refractivity contribution in [1.29, 1.82) is 0 Å². The zero-order valence-corrected chi connectivity index (χ0v) is 33.1. The highest BCUT2D eigenvalue weighted by molar-refractivity contribution is 7.13. The zero-order chi connectivity index (χ0) is 39.4. The molecule has 290 valence electrons. The molecule has 56 heavy (non-hydrogen) atoms. The lowest BCUT2D eigenvalue weighted by atomic mass is 9.85. The third-order valence-corrected chi connectivity index (χ3v) is 11.2. The minimum absolute atomic E-state index is 0.150. The van der Waals surface area contributed by atoms with Crippen LogP contribution >= 0.6 is 11.3 Å². The average Bonchev–Trinajstić information content (AvgIpc) is 3.95. The summed E-state index contributed by atoms with van der Waals surface area (Å²) in [6.45, 7) is 10.1. The van der Waals surface area contributed by atoms with Crippen LogP contribution in [0.5, 0.6) is 5.88 Å². The molecule has 6 aromatic rings. The minimum Gasteiger partial charge on any atom is -0.475 e. The van der Waals surface area contributed by atoms with Crippen molar-refractivity contribution in [2.45, 2.75) is 65.6 Å². The number of rotatable bonds is 13. The normalized spacial score (nSPS) is 15.5. The lowest BCUT2D eigenvalue weighted by molar-refractivity contribution is -0.144. The van der Waals surface area contributed by atoms with Crippen molar-refractivity contribution < 1.29 is 23.9 Å². The van der Waals surface area contributed by atoms with E-state index < -0.39 is 23.4 Å². The number of benzene rings is 2. The molecule has 0 unspecified atom stereocenters. The Hall–Kier alpha value is -5.66. The monoisotopic (exact) mass is 773 g/mol. The van der Waals surface area contributed by atoms with Crippen LogP contribution in [0.4, 0.5) is 0 Å². The van der Waals surface area contributed by atoms with Gasteiger partial charge in [0.25, 0.3) is 0 Å². The molecule has 1 saturated heterocycles. The molecule has 1 aliphatic heterocycles. The van der Waals surface area contributed by atoms with Crippen molar-refractivity contribution in [3.05, 3.63) is 96.0 Å². The molecule has 0 spiro atoms. The van der Waals surface area contributed by atoms with E-state index in [1.165, 1.54) is 0 Å². The Morgan fingerprint density at radius 2 is 1.71 bits per heavy atom. The van der Waals surface area contributed by atoms with Crippen molar-refractivity contribution in [3.8, 4) is 27.4 Å². The summed E-state index contributed by atoms with van der Waals surface area (Å²) in [6, 6.07) is 18.3. The first kappa shape index (κ1) is 38.6. The van der Waals surface area contributed by atoms with Crippen LogP contribution in [0.2, 0.25) is 0 Å².